The van der Waals surface area contributed by atoms with Gasteiger partial charge in [-0.1, -0.05) is 121 Å². The van der Waals surface area contributed by atoms with Crippen LogP contribution in [0.15, 0.2) is 187 Å². The fourth-order valence-electron chi connectivity index (χ4n) is 4.63. The highest BCUT2D eigenvalue weighted by Crippen LogP contribution is 2.36. The van der Waals surface area contributed by atoms with Crippen molar-refractivity contribution in [3.63, 3.8) is 0 Å². The average Bonchev–Trinajstić information content (AvgIpc) is 3.13. The lowest BCUT2D eigenvalue weighted by atomic mass is 10.2. The van der Waals surface area contributed by atoms with Gasteiger partial charge in [0.1, 0.15) is 0 Å². The maximum atomic E-state index is 14.1. The first kappa shape index (κ1) is 31.0. The molecule has 6 rings (SSSR count). The second kappa shape index (κ2) is 14.8. The topological polar surface area (TPSA) is 83.6 Å². The summed E-state index contributed by atoms with van der Waals surface area (Å²) in [4.78, 5) is 18.8. The van der Waals surface area contributed by atoms with Crippen molar-refractivity contribution in [3.05, 3.63) is 180 Å². The summed E-state index contributed by atoms with van der Waals surface area (Å²) < 4.78 is 28.2. The van der Waals surface area contributed by atoms with Crippen LogP contribution in [0, 0.1) is 0 Å². The molecule has 6 aromatic carbocycles. The molecule has 6 nitrogen and oxygen atoms in total. The highest BCUT2D eigenvalue weighted by molar-refractivity contribution is 7.91. The van der Waals surface area contributed by atoms with Crippen molar-refractivity contribution in [2.24, 2.45) is 20.0 Å². The lowest BCUT2D eigenvalue weighted by Crippen LogP contribution is -2.02. The summed E-state index contributed by atoms with van der Waals surface area (Å²) in [5, 5.41) is 0. The SMILES string of the molecule is O=S(=O)(c1ccc(N=Cc2ccccc2)c(N=Cc2ccccc2)c1)c1ccc(N=Cc2ccccc2)c(N=Cc2ccccc2)c1. The van der Waals surface area contributed by atoms with Crippen LogP contribution in [0.3, 0.4) is 0 Å². The van der Waals surface area contributed by atoms with E-state index in [9.17, 15) is 8.42 Å². The zero-order valence-electron chi connectivity index (χ0n) is 25.3. The lowest BCUT2D eigenvalue weighted by molar-refractivity contribution is 0.596. The van der Waals surface area contributed by atoms with Gasteiger partial charge in [-0.05, 0) is 58.7 Å². The van der Waals surface area contributed by atoms with Crippen molar-refractivity contribution in [1.29, 1.82) is 0 Å². The van der Waals surface area contributed by atoms with Crippen LogP contribution in [0.25, 0.3) is 0 Å². The van der Waals surface area contributed by atoms with Gasteiger partial charge in [0.25, 0.3) is 0 Å². The molecular weight excluding hydrogens is 601 g/mol. The predicted molar refractivity (Wildman–Crippen MR) is 193 cm³/mol. The predicted octanol–water partition coefficient (Wildman–Crippen LogP) is 9.52. The van der Waals surface area contributed by atoms with E-state index in [0.717, 1.165) is 22.3 Å². The van der Waals surface area contributed by atoms with Gasteiger partial charge < -0.3 is 0 Å². The molecule has 0 aromatic heterocycles. The van der Waals surface area contributed by atoms with Crippen LogP contribution in [0.5, 0.6) is 0 Å². The second-order valence-corrected chi connectivity index (χ2v) is 12.4. The molecule has 6 aromatic rings. The Morgan fingerprint density at radius 2 is 0.617 bits per heavy atom. The summed E-state index contributed by atoms with van der Waals surface area (Å²) in [6.07, 6.45) is 6.86. The molecule has 0 radical (unpaired) electrons. The third-order valence-electron chi connectivity index (χ3n) is 7.12. The van der Waals surface area contributed by atoms with E-state index in [1.807, 2.05) is 121 Å². The molecule has 0 heterocycles. The van der Waals surface area contributed by atoms with Crippen molar-refractivity contribution in [2.75, 3.05) is 0 Å². The summed E-state index contributed by atoms with van der Waals surface area (Å²) in [5.74, 6) is 0. The first-order valence-corrected chi connectivity index (χ1v) is 16.4. The number of rotatable bonds is 10. The number of aliphatic imine (C=N–C) groups is 4. The molecule has 0 aliphatic heterocycles. The minimum atomic E-state index is -3.97. The van der Waals surface area contributed by atoms with E-state index < -0.39 is 9.84 Å². The van der Waals surface area contributed by atoms with Crippen LogP contribution in [-0.4, -0.2) is 33.3 Å². The van der Waals surface area contributed by atoms with Crippen LogP contribution in [0.2, 0.25) is 0 Å². The smallest absolute Gasteiger partial charge is 0.206 e. The Kier molecular flexibility index (Phi) is 9.76. The molecule has 228 valence electrons. The van der Waals surface area contributed by atoms with Crippen LogP contribution < -0.4 is 0 Å². The summed E-state index contributed by atoms with van der Waals surface area (Å²) in [5.41, 5.74) is 5.53. The van der Waals surface area contributed by atoms with Gasteiger partial charge in [0.05, 0.1) is 32.5 Å². The molecule has 0 aliphatic carbocycles. The van der Waals surface area contributed by atoms with Crippen molar-refractivity contribution in [1.82, 2.24) is 0 Å². The first-order valence-electron chi connectivity index (χ1n) is 14.9. The van der Waals surface area contributed by atoms with Crippen LogP contribution >= 0.6 is 0 Å². The van der Waals surface area contributed by atoms with E-state index in [1.54, 1.807) is 61.3 Å². The minimum absolute atomic E-state index is 0.0925. The number of sulfone groups is 1. The molecule has 0 atom stereocenters. The molecule has 0 fully saturated rings. The lowest BCUT2D eigenvalue weighted by Gasteiger charge is -2.10. The summed E-state index contributed by atoms with van der Waals surface area (Å²) in [7, 11) is -3.97. The minimum Gasteiger partial charge on any atom is -0.254 e. The molecule has 47 heavy (non-hydrogen) atoms. The Balaban J connectivity index is 1.39. The molecule has 0 unspecified atom stereocenters. The molecule has 0 aliphatic rings. The van der Waals surface area contributed by atoms with Crippen LogP contribution in [0.1, 0.15) is 22.3 Å². The van der Waals surface area contributed by atoms with Crippen molar-refractivity contribution in [2.45, 2.75) is 9.79 Å². The van der Waals surface area contributed by atoms with E-state index in [4.69, 9.17) is 0 Å². The Hall–Kier alpha value is -6.05. The number of nitrogens with zero attached hydrogens (tertiary/aromatic N) is 4. The van der Waals surface area contributed by atoms with Crippen LogP contribution in [-0.2, 0) is 9.84 Å². The standard InChI is InChI=1S/C40H30N4O2S/c45-47(46,35-21-23-37(41-27-31-13-5-1-6-14-31)39(25-35)43-29-33-17-9-3-10-18-33)36-22-24-38(42-28-32-15-7-2-8-16-32)40(26-36)44-30-34-19-11-4-12-20-34/h1-30H. The molecule has 0 saturated carbocycles. The van der Waals surface area contributed by atoms with Gasteiger partial charge in [0.15, 0.2) is 0 Å². The monoisotopic (exact) mass is 630 g/mol. The van der Waals surface area contributed by atoms with Crippen molar-refractivity contribution in [3.8, 4) is 0 Å². The first-order chi connectivity index (χ1) is 23.0. The molecule has 7 heteroatoms. The summed E-state index contributed by atoms with van der Waals surface area (Å²) in [6.45, 7) is 0. The fourth-order valence-corrected chi connectivity index (χ4v) is 5.93. The van der Waals surface area contributed by atoms with Crippen molar-refractivity contribution < 1.29 is 8.42 Å². The Bertz CT molecular complexity index is 2030. The largest absolute Gasteiger partial charge is 0.254 e. The number of hydrogen-bond donors (Lipinski definition) is 0. The average molecular weight is 631 g/mol. The zero-order valence-corrected chi connectivity index (χ0v) is 26.2. The third kappa shape index (κ3) is 8.16. The van der Waals surface area contributed by atoms with E-state index in [-0.39, 0.29) is 9.79 Å². The molecule has 0 bridgehead atoms. The third-order valence-corrected chi connectivity index (χ3v) is 8.87. The highest BCUT2D eigenvalue weighted by atomic mass is 32.2. The van der Waals surface area contributed by atoms with E-state index in [0.29, 0.717) is 22.7 Å². The molecular formula is C40H30N4O2S. The van der Waals surface area contributed by atoms with Gasteiger partial charge in [-0.15, -0.1) is 0 Å². The quantitative estimate of drug-likeness (QED) is 0.141. The van der Waals surface area contributed by atoms with Gasteiger partial charge in [-0.25, -0.2) is 8.42 Å². The molecule has 0 saturated heterocycles. The maximum Gasteiger partial charge on any atom is 0.206 e. The number of hydrogen-bond acceptors (Lipinski definition) is 6. The van der Waals surface area contributed by atoms with Gasteiger partial charge in [0.2, 0.25) is 9.84 Å². The van der Waals surface area contributed by atoms with Gasteiger partial charge in [-0.2, -0.15) is 0 Å². The molecule has 0 spiro atoms. The normalized spacial score (nSPS) is 12.1. The Morgan fingerprint density at radius 1 is 0.340 bits per heavy atom. The zero-order chi connectivity index (χ0) is 32.3. The summed E-state index contributed by atoms with van der Waals surface area (Å²) in [6, 6.07) is 48.2. The Labute approximate surface area is 274 Å². The van der Waals surface area contributed by atoms with Gasteiger partial charge in [0, 0.05) is 24.9 Å². The summed E-state index contributed by atoms with van der Waals surface area (Å²) >= 11 is 0. The second-order valence-electron chi connectivity index (χ2n) is 10.5. The van der Waals surface area contributed by atoms with E-state index >= 15 is 0 Å². The van der Waals surface area contributed by atoms with Gasteiger partial charge >= 0.3 is 0 Å². The van der Waals surface area contributed by atoms with Crippen molar-refractivity contribution >= 4 is 57.4 Å². The Morgan fingerprint density at radius 3 is 0.915 bits per heavy atom. The molecule has 0 N–H and O–H groups in total. The van der Waals surface area contributed by atoms with Gasteiger partial charge in [-0.3, -0.25) is 20.0 Å². The maximum absolute atomic E-state index is 14.1. The van der Waals surface area contributed by atoms with E-state index in [2.05, 4.69) is 20.0 Å². The van der Waals surface area contributed by atoms with Crippen LogP contribution in [0.4, 0.5) is 22.7 Å². The fraction of sp³-hybridized carbons (Fsp3) is 0. The van der Waals surface area contributed by atoms with E-state index in [1.165, 1.54) is 0 Å². The number of benzene rings is 6. The highest BCUT2D eigenvalue weighted by Gasteiger charge is 2.21. The molecule has 0 amide bonds.